The molecular weight excluding hydrogens is 483 g/mol. The summed E-state index contributed by atoms with van der Waals surface area (Å²) in [6.07, 6.45) is -4.49. The Morgan fingerprint density at radius 3 is 1.73 bits per heavy atom. The van der Waals surface area contributed by atoms with Gasteiger partial charge in [0.2, 0.25) is 0 Å². The minimum Gasteiger partial charge on any atom is -0.507 e. The molecular formula is C29H22F3NO4. The van der Waals surface area contributed by atoms with Crippen molar-refractivity contribution in [2.45, 2.75) is 18.6 Å². The molecule has 0 saturated heterocycles. The number of benzene rings is 4. The number of amides is 1. The maximum atomic E-state index is 13.1. The molecule has 0 radical (unpaired) electrons. The highest BCUT2D eigenvalue weighted by molar-refractivity contribution is 6.01. The lowest BCUT2D eigenvalue weighted by atomic mass is 9.90. The van der Waals surface area contributed by atoms with E-state index in [2.05, 4.69) is 5.32 Å². The van der Waals surface area contributed by atoms with E-state index in [1.54, 1.807) is 24.3 Å². The summed E-state index contributed by atoms with van der Waals surface area (Å²) in [4.78, 5) is 25.4. The molecule has 0 spiro atoms. The Bertz CT molecular complexity index is 1430. The molecule has 0 fully saturated rings. The van der Waals surface area contributed by atoms with Crippen molar-refractivity contribution >= 4 is 11.9 Å². The summed E-state index contributed by atoms with van der Waals surface area (Å²) in [5.41, 5.74) is 0.0231. The molecule has 0 heterocycles. The third-order valence-electron chi connectivity index (χ3n) is 6.15. The number of phenols is 1. The zero-order chi connectivity index (χ0) is 26.8. The first-order valence-corrected chi connectivity index (χ1v) is 11.2. The first-order chi connectivity index (χ1) is 17.5. The van der Waals surface area contributed by atoms with Gasteiger partial charge in [0.25, 0.3) is 5.91 Å². The van der Waals surface area contributed by atoms with Crippen LogP contribution >= 0.6 is 0 Å². The minimum absolute atomic E-state index is 0.217. The van der Waals surface area contributed by atoms with Gasteiger partial charge in [0.1, 0.15) is 5.75 Å². The molecule has 0 aromatic heterocycles. The number of aliphatic carboxylic acids is 1. The monoisotopic (exact) mass is 505 g/mol. The number of alkyl halides is 3. The van der Waals surface area contributed by atoms with Crippen LogP contribution in [0.3, 0.4) is 0 Å². The summed E-state index contributed by atoms with van der Waals surface area (Å²) in [5, 5.41) is 22.8. The smallest absolute Gasteiger partial charge is 0.416 e. The third kappa shape index (κ3) is 5.33. The standard InChI is InChI=1S/C29H22F3NO4/c1-28(27(36)37,22-12-7-19(8-13-22)18-5-3-2-4-6-18)33-26(35)24-17-21(11-16-25(24)34)20-9-14-23(15-10-20)29(30,31)32/h2-17,34H,1H3,(H,33,35)(H,36,37)/t28-/m0/s1. The summed E-state index contributed by atoms with van der Waals surface area (Å²) in [6, 6.07) is 24.5. The minimum atomic E-state index is -4.49. The molecule has 37 heavy (non-hydrogen) atoms. The summed E-state index contributed by atoms with van der Waals surface area (Å²) in [7, 11) is 0. The number of rotatable bonds is 6. The van der Waals surface area contributed by atoms with Crippen LogP contribution in [0.15, 0.2) is 97.1 Å². The molecule has 0 aliphatic carbocycles. The van der Waals surface area contributed by atoms with Gasteiger partial charge in [0.05, 0.1) is 11.1 Å². The molecule has 1 amide bonds. The van der Waals surface area contributed by atoms with Gasteiger partial charge in [0.15, 0.2) is 5.54 Å². The second kappa shape index (κ2) is 9.81. The summed E-state index contributed by atoms with van der Waals surface area (Å²) >= 11 is 0. The molecule has 0 aliphatic heterocycles. The van der Waals surface area contributed by atoms with Crippen molar-refractivity contribution in [1.29, 1.82) is 0 Å². The van der Waals surface area contributed by atoms with E-state index in [0.29, 0.717) is 16.7 Å². The van der Waals surface area contributed by atoms with Gasteiger partial charge in [-0.15, -0.1) is 0 Å². The predicted molar refractivity (Wildman–Crippen MR) is 133 cm³/mol. The number of hydrogen-bond acceptors (Lipinski definition) is 3. The molecule has 188 valence electrons. The van der Waals surface area contributed by atoms with Crippen molar-refractivity contribution in [2.75, 3.05) is 0 Å². The van der Waals surface area contributed by atoms with Gasteiger partial charge in [0, 0.05) is 0 Å². The van der Waals surface area contributed by atoms with Crippen LogP contribution in [0.1, 0.15) is 28.4 Å². The van der Waals surface area contributed by atoms with Crippen LogP contribution in [0, 0.1) is 0 Å². The highest BCUT2D eigenvalue weighted by Crippen LogP contribution is 2.33. The number of hydrogen-bond donors (Lipinski definition) is 3. The second-order valence-corrected chi connectivity index (χ2v) is 8.63. The predicted octanol–water partition coefficient (Wildman–Crippen LogP) is 6.47. The topological polar surface area (TPSA) is 86.6 Å². The van der Waals surface area contributed by atoms with Crippen LogP contribution in [-0.2, 0) is 16.5 Å². The van der Waals surface area contributed by atoms with Crippen LogP contribution in [0.4, 0.5) is 13.2 Å². The van der Waals surface area contributed by atoms with Crippen molar-refractivity contribution in [1.82, 2.24) is 5.32 Å². The number of carboxylic acid groups (broad SMARTS) is 1. The van der Waals surface area contributed by atoms with E-state index >= 15 is 0 Å². The molecule has 0 bridgehead atoms. The van der Waals surface area contributed by atoms with Gasteiger partial charge in [-0.05, 0) is 59.0 Å². The lowest BCUT2D eigenvalue weighted by Gasteiger charge is -2.27. The number of carbonyl (C=O) groups is 2. The third-order valence-corrected chi connectivity index (χ3v) is 6.15. The molecule has 4 rings (SSSR count). The molecule has 4 aromatic carbocycles. The number of nitrogens with one attached hydrogen (secondary N) is 1. The molecule has 0 saturated carbocycles. The van der Waals surface area contributed by atoms with E-state index in [9.17, 15) is 33.0 Å². The van der Waals surface area contributed by atoms with Crippen molar-refractivity contribution in [3.05, 3.63) is 114 Å². The summed E-state index contributed by atoms with van der Waals surface area (Å²) in [5.74, 6) is -2.57. The quantitative estimate of drug-likeness (QED) is 0.280. The zero-order valence-corrected chi connectivity index (χ0v) is 19.6. The lowest BCUT2D eigenvalue weighted by molar-refractivity contribution is -0.144. The first kappa shape index (κ1) is 25.5. The Hall–Kier alpha value is -4.59. The fourth-order valence-electron chi connectivity index (χ4n) is 3.92. The average Bonchev–Trinajstić information content (AvgIpc) is 2.89. The summed E-state index contributed by atoms with van der Waals surface area (Å²) in [6.45, 7) is 1.33. The second-order valence-electron chi connectivity index (χ2n) is 8.63. The van der Waals surface area contributed by atoms with Crippen molar-refractivity contribution in [2.24, 2.45) is 0 Å². The molecule has 3 N–H and O–H groups in total. The van der Waals surface area contributed by atoms with Gasteiger partial charge >= 0.3 is 12.1 Å². The SMILES string of the molecule is C[C@@](NC(=O)c1cc(-c2ccc(C(F)(F)F)cc2)ccc1O)(C(=O)O)c1ccc(-c2ccccc2)cc1. The zero-order valence-electron chi connectivity index (χ0n) is 19.6. The molecule has 8 heteroatoms. The van der Waals surface area contributed by atoms with E-state index in [1.165, 1.54) is 37.3 Å². The molecule has 5 nitrogen and oxygen atoms in total. The van der Waals surface area contributed by atoms with Crippen LogP contribution in [0.2, 0.25) is 0 Å². The number of aromatic hydroxyl groups is 1. The van der Waals surface area contributed by atoms with Crippen molar-refractivity contribution in [3.63, 3.8) is 0 Å². The highest BCUT2D eigenvalue weighted by Gasteiger charge is 2.37. The number of halogens is 3. The van der Waals surface area contributed by atoms with Crippen molar-refractivity contribution < 1.29 is 33.0 Å². The van der Waals surface area contributed by atoms with Crippen LogP contribution < -0.4 is 5.32 Å². The van der Waals surface area contributed by atoms with E-state index in [-0.39, 0.29) is 5.56 Å². The maximum Gasteiger partial charge on any atom is 0.416 e. The average molecular weight is 505 g/mol. The van der Waals surface area contributed by atoms with E-state index in [0.717, 1.165) is 23.3 Å². The lowest BCUT2D eigenvalue weighted by Crippen LogP contribution is -2.49. The Morgan fingerprint density at radius 1 is 0.703 bits per heavy atom. The van der Waals surface area contributed by atoms with Gasteiger partial charge in [-0.3, -0.25) is 4.79 Å². The number of phenolic OH excluding ortho intramolecular Hbond substituents is 1. The Morgan fingerprint density at radius 2 is 1.19 bits per heavy atom. The first-order valence-electron chi connectivity index (χ1n) is 11.2. The fraction of sp³-hybridized carbons (Fsp3) is 0.103. The molecule has 4 aromatic rings. The number of carboxylic acids is 1. The Labute approximate surface area is 210 Å². The number of carbonyl (C=O) groups excluding carboxylic acids is 1. The van der Waals surface area contributed by atoms with E-state index in [4.69, 9.17) is 0 Å². The van der Waals surface area contributed by atoms with Crippen LogP contribution in [0.25, 0.3) is 22.3 Å². The molecule has 1 atom stereocenters. The van der Waals surface area contributed by atoms with Crippen LogP contribution in [-0.4, -0.2) is 22.1 Å². The maximum absolute atomic E-state index is 13.1. The molecule has 0 unspecified atom stereocenters. The molecule has 0 aliphatic rings. The Balaban J connectivity index is 1.62. The van der Waals surface area contributed by atoms with Gasteiger partial charge < -0.3 is 15.5 Å². The highest BCUT2D eigenvalue weighted by atomic mass is 19.4. The van der Waals surface area contributed by atoms with E-state index in [1.807, 2.05) is 30.3 Å². The van der Waals surface area contributed by atoms with E-state index < -0.39 is 34.9 Å². The fourth-order valence-corrected chi connectivity index (χ4v) is 3.92. The summed E-state index contributed by atoms with van der Waals surface area (Å²) < 4.78 is 38.6. The van der Waals surface area contributed by atoms with Gasteiger partial charge in [-0.25, -0.2) is 4.79 Å². The normalized spacial score (nSPS) is 13.0. The van der Waals surface area contributed by atoms with Gasteiger partial charge in [-0.1, -0.05) is 72.8 Å². The Kier molecular flexibility index (Phi) is 6.76. The largest absolute Gasteiger partial charge is 0.507 e. The van der Waals surface area contributed by atoms with Gasteiger partial charge in [-0.2, -0.15) is 13.2 Å². The van der Waals surface area contributed by atoms with Crippen LogP contribution in [0.5, 0.6) is 5.75 Å². The van der Waals surface area contributed by atoms with Crippen molar-refractivity contribution in [3.8, 4) is 28.0 Å².